The van der Waals surface area contributed by atoms with Crippen molar-refractivity contribution in [2.75, 3.05) is 0 Å². The molecule has 1 aliphatic carbocycles. The molecule has 0 radical (unpaired) electrons. The Morgan fingerprint density at radius 2 is 1.00 bits per heavy atom. The number of hydroxylamine groups is 4. The summed E-state index contributed by atoms with van der Waals surface area (Å²) in [6.45, 7) is 0. The van der Waals surface area contributed by atoms with E-state index in [0.717, 1.165) is 0 Å². The van der Waals surface area contributed by atoms with Crippen LogP contribution in [0.2, 0.25) is 0 Å². The average molecular weight is 571 g/mol. The third kappa shape index (κ3) is 7.68. The molecule has 0 N–H and O–H groups in total. The Morgan fingerprint density at radius 3 is 1.44 bits per heavy atom. The first-order valence-corrected chi connectivity index (χ1v) is 13.0. The van der Waals surface area contributed by atoms with Gasteiger partial charge in [0.1, 0.15) is 5.78 Å². The van der Waals surface area contributed by atoms with Gasteiger partial charge < -0.3 is 14.4 Å². The second kappa shape index (κ2) is 12.6. The minimum absolute atomic E-state index is 0.0231. The maximum atomic E-state index is 12.7. The second-order valence-corrected chi connectivity index (χ2v) is 9.80. The molecule has 0 spiro atoms. The van der Waals surface area contributed by atoms with Gasteiger partial charge in [0.2, 0.25) is 0 Å². The van der Waals surface area contributed by atoms with Gasteiger partial charge in [-0.2, -0.15) is 0 Å². The number of benzene rings is 1. The molecule has 3 aliphatic rings. The van der Waals surface area contributed by atoms with Crippen LogP contribution in [0.4, 0.5) is 0 Å². The smallest absolute Gasteiger partial charge is 0.337 e. The molecular weight excluding hydrogens is 544 g/mol. The molecule has 3 fully saturated rings. The Balaban J connectivity index is 1.48. The normalized spacial score (nSPS) is 19.5. The third-order valence-electron chi connectivity index (χ3n) is 6.52. The van der Waals surface area contributed by atoms with Crippen molar-refractivity contribution in [3.8, 4) is 0 Å². The lowest BCUT2D eigenvalue weighted by Crippen LogP contribution is -2.33. The van der Waals surface area contributed by atoms with Gasteiger partial charge in [-0.05, 0) is 23.1 Å². The molecule has 2 aliphatic heterocycles. The SMILES string of the molecule is O=C1CCC(=O)C(OC(=O)Cc2cc(CC(=O)ON3C(=O)CCC3=O)cc(CC(=O)ON3C(=O)CCC3=O)c2)CC1. The molecule has 0 aromatic heterocycles. The summed E-state index contributed by atoms with van der Waals surface area (Å²) in [6, 6.07) is 4.30. The quantitative estimate of drug-likeness (QED) is 0.222. The average Bonchev–Trinajstić information content (AvgIpc) is 3.33. The molecule has 1 atom stereocenters. The summed E-state index contributed by atoms with van der Waals surface area (Å²) in [6.07, 6.45) is -2.43. The van der Waals surface area contributed by atoms with Crippen molar-refractivity contribution in [3.05, 3.63) is 34.9 Å². The van der Waals surface area contributed by atoms with Crippen molar-refractivity contribution in [1.82, 2.24) is 10.1 Å². The Morgan fingerprint density at radius 1 is 0.585 bits per heavy atom. The zero-order valence-electron chi connectivity index (χ0n) is 21.9. The van der Waals surface area contributed by atoms with Crippen molar-refractivity contribution < 1.29 is 57.6 Å². The number of Topliss-reactive ketones (excluding diaryl/α,β-unsaturated/α-hetero) is 2. The largest absolute Gasteiger partial charge is 0.454 e. The van der Waals surface area contributed by atoms with Gasteiger partial charge in [0, 0.05) is 44.9 Å². The van der Waals surface area contributed by atoms with Gasteiger partial charge in [-0.3, -0.25) is 33.6 Å². The van der Waals surface area contributed by atoms with E-state index in [1.807, 2.05) is 0 Å². The Labute approximate surface area is 232 Å². The van der Waals surface area contributed by atoms with Gasteiger partial charge in [0.05, 0.1) is 19.3 Å². The summed E-state index contributed by atoms with van der Waals surface area (Å²) >= 11 is 0. The Bertz CT molecular complexity index is 1250. The molecule has 14 heteroatoms. The van der Waals surface area contributed by atoms with Crippen LogP contribution in [0.15, 0.2) is 18.2 Å². The lowest BCUT2D eigenvalue weighted by atomic mass is 10.00. The van der Waals surface area contributed by atoms with Crippen molar-refractivity contribution in [3.63, 3.8) is 0 Å². The first kappa shape index (κ1) is 29.2. The van der Waals surface area contributed by atoms with Crippen LogP contribution in [-0.2, 0) is 76.8 Å². The van der Waals surface area contributed by atoms with Crippen LogP contribution < -0.4 is 0 Å². The highest BCUT2D eigenvalue weighted by molar-refractivity contribution is 6.02. The van der Waals surface area contributed by atoms with Crippen LogP contribution in [0.1, 0.15) is 68.1 Å². The predicted molar refractivity (Wildman–Crippen MR) is 130 cm³/mol. The van der Waals surface area contributed by atoms with Gasteiger partial charge in [0.25, 0.3) is 23.6 Å². The van der Waals surface area contributed by atoms with E-state index in [-0.39, 0.29) is 86.0 Å². The third-order valence-corrected chi connectivity index (χ3v) is 6.52. The standard InChI is InChI=1S/C27H26N2O12/c30-18-1-3-19(31)20(4-2-18)39-25(36)12-15-9-16(13-26(37)40-28-21(32)5-6-22(28)33)11-17(10-15)14-27(38)41-29-23(34)7-8-24(29)35/h9-11,20H,1-8,12-14H2. The Hall–Kier alpha value is -4.75. The van der Waals surface area contributed by atoms with Crippen molar-refractivity contribution >= 4 is 53.1 Å². The van der Waals surface area contributed by atoms with E-state index < -0.39 is 60.5 Å². The van der Waals surface area contributed by atoms with Crippen LogP contribution in [-0.4, -0.2) is 69.3 Å². The number of carbonyl (C=O) groups is 9. The van der Waals surface area contributed by atoms with Crippen molar-refractivity contribution in [2.24, 2.45) is 0 Å². The molecule has 41 heavy (non-hydrogen) atoms. The maximum Gasteiger partial charge on any atom is 0.337 e. The fourth-order valence-corrected chi connectivity index (χ4v) is 4.56. The van der Waals surface area contributed by atoms with Gasteiger partial charge in [-0.15, -0.1) is 10.1 Å². The lowest BCUT2D eigenvalue weighted by molar-refractivity contribution is -0.197. The lowest BCUT2D eigenvalue weighted by Gasteiger charge is -2.16. The molecule has 2 heterocycles. The maximum absolute atomic E-state index is 12.7. The second-order valence-electron chi connectivity index (χ2n) is 9.80. The van der Waals surface area contributed by atoms with Gasteiger partial charge in [-0.1, -0.05) is 18.2 Å². The van der Waals surface area contributed by atoms with Crippen molar-refractivity contribution in [1.29, 1.82) is 0 Å². The van der Waals surface area contributed by atoms with Gasteiger partial charge >= 0.3 is 17.9 Å². The van der Waals surface area contributed by atoms with Crippen molar-refractivity contribution in [2.45, 2.75) is 76.7 Å². The van der Waals surface area contributed by atoms with Crippen LogP contribution in [0.5, 0.6) is 0 Å². The molecule has 4 rings (SSSR count). The predicted octanol–water partition coefficient (Wildman–Crippen LogP) is 0.153. The summed E-state index contributed by atoms with van der Waals surface area (Å²) in [4.78, 5) is 118. The fourth-order valence-electron chi connectivity index (χ4n) is 4.56. The van der Waals surface area contributed by atoms with E-state index in [9.17, 15) is 43.2 Å². The summed E-state index contributed by atoms with van der Waals surface area (Å²) in [7, 11) is 0. The summed E-state index contributed by atoms with van der Waals surface area (Å²) in [5.41, 5.74) is 0.764. The number of nitrogens with zero attached hydrogens (tertiary/aromatic N) is 2. The minimum atomic E-state index is -1.06. The summed E-state index contributed by atoms with van der Waals surface area (Å²) in [5, 5.41) is 0.779. The van der Waals surface area contributed by atoms with Crippen LogP contribution in [0.25, 0.3) is 0 Å². The molecule has 0 bridgehead atoms. The van der Waals surface area contributed by atoms with E-state index >= 15 is 0 Å². The number of amides is 4. The first-order chi connectivity index (χ1) is 19.5. The van der Waals surface area contributed by atoms with Crippen LogP contribution in [0, 0.1) is 0 Å². The van der Waals surface area contributed by atoms with E-state index in [0.29, 0.717) is 10.1 Å². The number of rotatable bonds is 9. The van der Waals surface area contributed by atoms with E-state index in [1.54, 1.807) is 0 Å². The number of esters is 1. The van der Waals surface area contributed by atoms with Gasteiger partial charge in [0.15, 0.2) is 11.9 Å². The van der Waals surface area contributed by atoms with E-state index in [1.165, 1.54) is 18.2 Å². The van der Waals surface area contributed by atoms with Crippen LogP contribution in [0.3, 0.4) is 0 Å². The minimum Gasteiger partial charge on any atom is -0.454 e. The molecule has 1 saturated carbocycles. The van der Waals surface area contributed by atoms with Crippen LogP contribution >= 0.6 is 0 Å². The highest BCUT2D eigenvalue weighted by Crippen LogP contribution is 2.20. The topological polar surface area (TPSA) is 188 Å². The molecular formula is C27H26N2O12. The van der Waals surface area contributed by atoms with E-state index in [4.69, 9.17) is 14.4 Å². The van der Waals surface area contributed by atoms with E-state index in [2.05, 4.69) is 0 Å². The first-order valence-electron chi connectivity index (χ1n) is 13.0. The number of hydrogen-bond donors (Lipinski definition) is 0. The summed E-state index contributed by atoms with van der Waals surface area (Å²) in [5.74, 6) is -5.80. The molecule has 216 valence electrons. The zero-order valence-corrected chi connectivity index (χ0v) is 21.9. The van der Waals surface area contributed by atoms with Gasteiger partial charge in [-0.25, -0.2) is 9.59 Å². The number of ether oxygens (including phenoxy) is 1. The molecule has 1 aromatic carbocycles. The number of hydrogen-bond acceptors (Lipinski definition) is 12. The fraction of sp³-hybridized carbons (Fsp3) is 0.444. The molecule has 1 unspecified atom stereocenters. The molecule has 14 nitrogen and oxygen atoms in total. The Kier molecular flexibility index (Phi) is 9.00. The number of imide groups is 2. The highest BCUT2D eigenvalue weighted by atomic mass is 16.7. The monoisotopic (exact) mass is 570 g/mol. The zero-order chi connectivity index (χ0) is 29.7. The number of carbonyl (C=O) groups excluding carboxylic acids is 9. The summed E-state index contributed by atoms with van der Waals surface area (Å²) < 4.78 is 5.32. The molecule has 1 aromatic rings. The molecule has 4 amide bonds. The molecule has 2 saturated heterocycles. The highest BCUT2D eigenvalue weighted by Gasteiger charge is 2.34. The number of ketones is 2.